The number of allylic oxidation sites excluding steroid dienone is 3. The van der Waals surface area contributed by atoms with E-state index in [4.69, 9.17) is 0 Å². The van der Waals surface area contributed by atoms with Gasteiger partial charge in [0.15, 0.2) is 0 Å². The van der Waals surface area contributed by atoms with Crippen LogP contribution in [0.4, 0.5) is 0 Å². The van der Waals surface area contributed by atoms with Crippen LogP contribution < -0.4 is 0 Å². The van der Waals surface area contributed by atoms with Crippen LogP contribution in [0, 0.1) is 5.92 Å². The molecule has 1 aliphatic carbocycles. The summed E-state index contributed by atoms with van der Waals surface area (Å²) in [5, 5.41) is 10.6. The van der Waals surface area contributed by atoms with Crippen molar-refractivity contribution in [2.75, 3.05) is 0 Å². The molecular formula is C17H20OS. The van der Waals surface area contributed by atoms with Crippen LogP contribution in [0.15, 0.2) is 72.2 Å². The van der Waals surface area contributed by atoms with Crippen molar-refractivity contribution in [1.29, 1.82) is 0 Å². The van der Waals surface area contributed by atoms with Crippen molar-refractivity contribution in [2.45, 2.75) is 29.1 Å². The van der Waals surface area contributed by atoms with Gasteiger partial charge in [0, 0.05) is 10.8 Å². The molecule has 0 saturated carbocycles. The molecule has 0 heterocycles. The van der Waals surface area contributed by atoms with E-state index in [-0.39, 0.29) is 11.2 Å². The normalized spacial score (nSPS) is 21.6. The summed E-state index contributed by atoms with van der Waals surface area (Å²) in [6.45, 7) is 3.87. The zero-order valence-electron chi connectivity index (χ0n) is 11.0. The number of aliphatic hydroxyl groups is 1. The smallest absolute Gasteiger partial charge is 0.0762 e. The first-order valence-corrected chi connectivity index (χ1v) is 7.53. The van der Waals surface area contributed by atoms with E-state index < -0.39 is 6.10 Å². The van der Waals surface area contributed by atoms with Crippen LogP contribution in [0.3, 0.4) is 0 Å². The van der Waals surface area contributed by atoms with Crippen LogP contribution in [0.2, 0.25) is 0 Å². The van der Waals surface area contributed by atoms with Gasteiger partial charge in [-0.1, -0.05) is 48.6 Å². The molecule has 19 heavy (non-hydrogen) atoms. The van der Waals surface area contributed by atoms with Crippen molar-refractivity contribution < 1.29 is 5.11 Å². The summed E-state index contributed by atoms with van der Waals surface area (Å²) in [6, 6.07) is 10.2. The summed E-state index contributed by atoms with van der Waals surface area (Å²) >= 11 is 1.67. The molecule has 1 unspecified atom stereocenters. The minimum atomic E-state index is -0.401. The Hall–Kier alpha value is -1.25. The van der Waals surface area contributed by atoms with Gasteiger partial charge < -0.3 is 5.11 Å². The van der Waals surface area contributed by atoms with Gasteiger partial charge in [-0.2, -0.15) is 0 Å². The summed E-state index contributed by atoms with van der Waals surface area (Å²) < 4.78 is 0. The highest BCUT2D eigenvalue weighted by Crippen LogP contribution is 2.30. The minimum absolute atomic E-state index is 0.0172. The lowest BCUT2D eigenvalue weighted by molar-refractivity contribution is 0.139. The molecule has 0 spiro atoms. The quantitative estimate of drug-likeness (QED) is 0.640. The van der Waals surface area contributed by atoms with E-state index in [1.807, 2.05) is 24.3 Å². The highest BCUT2D eigenvalue weighted by Gasteiger charge is 2.24. The van der Waals surface area contributed by atoms with Gasteiger partial charge in [-0.05, 0) is 25.0 Å². The van der Waals surface area contributed by atoms with Gasteiger partial charge in [-0.3, -0.25) is 0 Å². The van der Waals surface area contributed by atoms with Crippen molar-refractivity contribution in [1.82, 2.24) is 0 Å². The van der Waals surface area contributed by atoms with E-state index in [0.717, 1.165) is 12.8 Å². The number of hydrogen-bond acceptors (Lipinski definition) is 2. The first-order chi connectivity index (χ1) is 9.31. The monoisotopic (exact) mass is 272 g/mol. The van der Waals surface area contributed by atoms with Gasteiger partial charge in [0.2, 0.25) is 0 Å². The first-order valence-electron chi connectivity index (χ1n) is 6.65. The fraction of sp³-hybridized carbons (Fsp3) is 0.294. The molecule has 0 bridgehead atoms. The van der Waals surface area contributed by atoms with E-state index in [2.05, 4.69) is 43.0 Å². The predicted octanol–water partition coefficient (Wildman–Crippen LogP) is 4.22. The lowest BCUT2D eigenvalue weighted by atomic mass is 9.96. The molecular weight excluding hydrogens is 252 g/mol. The Morgan fingerprint density at radius 2 is 2.00 bits per heavy atom. The van der Waals surface area contributed by atoms with E-state index in [1.165, 1.54) is 4.90 Å². The predicted molar refractivity (Wildman–Crippen MR) is 83.3 cm³/mol. The highest BCUT2D eigenvalue weighted by molar-refractivity contribution is 8.00. The SMILES string of the molecule is C=C[C@H](Sc1ccccc1)[C@H](O)C1C=CCC=CC1. The van der Waals surface area contributed by atoms with E-state index in [9.17, 15) is 5.11 Å². The van der Waals surface area contributed by atoms with Crippen molar-refractivity contribution in [3.05, 3.63) is 67.3 Å². The zero-order valence-corrected chi connectivity index (χ0v) is 11.8. The molecule has 0 aliphatic heterocycles. The van der Waals surface area contributed by atoms with Crippen molar-refractivity contribution in [3.63, 3.8) is 0 Å². The Labute approximate surface area is 119 Å². The molecule has 0 radical (unpaired) electrons. The summed E-state index contributed by atoms with van der Waals surface area (Å²) in [5.74, 6) is 0.179. The zero-order chi connectivity index (χ0) is 13.5. The van der Waals surface area contributed by atoms with E-state index in [1.54, 1.807) is 11.8 Å². The van der Waals surface area contributed by atoms with Gasteiger partial charge >= 0.3 is 0 Å². The summed E-state index contributed by atoms with van der Waals surface area (Å²) in [6.07, 6.45) is 11.9. The molecule has 0 fully saturated rings. The van der Waals surface area contributed by atoms with Crippen molar-refractivity contribution in [3.8, 4) is 0 Å². The minimum Gasteiger partial charge on any atom is -0.391 e. The summed E-state index contributed by atoms with van der Waals surface area (Å²) in [7, 11) is 0. The summed E-state index contributed by atoms with van der Waals surface area (Å²) in [5.41, 5.74) is 0. The van der Waals surface area contributed by atoms with Gasteiger partial charge in [0.1, 0.15) is 0 Å². The van der Waals surface area contributed by atoms with Gasteiger partial charge in [-0.15, -0.1) is 18.3 Å². The molecule has 0 amide bonds. The molecule has 1 aromatic rings. The molecule has 2 rings (SSSR count). The second-order valence-corrected chi connectivity index (χ2v) is 5.91. The number of hydrogen-bond donors (Lipinski definition) is 1. The Morgan fingerprint density at radius 1 is 1.21 bits per heavy atom. The Bertz CT molecular complexity index is 450. The lowest BCUT2D eigenvalue weighted by Crippen LogP contribution is -2.28. The molecule has 1 nitrogen and oxygen atoms in total. The largest absolute Gasteiger partial charge is 0.391 e. The first kappa shape index (κ1) is 14.2. The van der Waals surface area contributed by atoms with Crippen LogP contribution in [0.25, 0.3) is 0 Å². The van der Waals surface area contributed by atoms with Crippen LogP contribution in [0.1, 0.15) is 12.8 Å². The molecule has 1 aliphatic rings. The van der Waals surface area contributed by atoms with Crippen molar-refractivity contribution >= 4 is 11.8 Å². The topological polar surface area (TPSA) is 20.2 Å². The fourth-order valence-corrected chi connectivity index (χ4v) is 3.24. The molecule has 0 saturated heterocycles. The molecule has 100 valence electrons. The maximum Gasteiger partial charge on any atom is 0.0762 e. The molecule has 1 aromatic carbocycles. The van der Waals surface area contributed by atoms with Crippen molar-refractivity contribution in [2.24, 2.45) is 5.92 Å². The Balaban J connectivity index is 2.04. The van der Waals surface area contributed by atoms with Crippen LogP contribution in [-0.2, 0) is 0 Å². The Morgan fingerprint density at radius 3 is 2.74 bits per heavy atom. The second kappa shape index (κ2) is 7.37. The van der Waals surface area contributed by atoms with Gasteiger partial charge in [0.05, 0.1) is 11.4 Å². The number of thioether (sulfide) groups is 1. The molecule has 2 heteroatoms. The molecule has 3 atom stereocenters. The average molecular weight is 272 g/mol. The number of aliphatic hydroxyl groups excluding tert-OH is 1. The Kier molecular flexibility index (Phi) is 5.49. The number of rotatable bonds is 5. The maximum absolute atomic E-state index is 10.5. The van der Waals surface area contributed by atoms with Crippen LogP contribution >= 0.6 is 11.8 Å². The summed E-state index contributed by atoms with van der Waals surface area (Å²) in [4.78, 5) is 1.17. The highest BCUT2D eigenvalue weighted by atomic mass is 32.2. The maximum atomic E-state index is 10.5. The van der Waals surface area contributed by atoms with E-state index >= 15 is 0 Å². The third kappa shape index (κ3) is 4.12. The standard InChI is InChI=1S/C17H20OS/c1-2-16(19-15-12-8-5-9-13-15)17(18)14-10-6-3-4-7-11-14/h2-3,5-9,11-14,16-18H,1,4,10H2/t14?,16-,17+/m0/s1. The number of benzene rings is 1. The molecule has 1 N–H and O–H groups in total. The second-order valence-electron chi connectivity index (χ2n) is 4.66. The fourth-order valence-electron chi connectivity index (χ4n) is 2.17. The van der Waals surface area contributed by atoms with Crippen LogP contribution in [0.5, 0.6) is 0 Å². The van der Waals surface area contributed by atoms with Gasteiger partial charge in [0.25, 0.3) is 0 Å². The molecule has 0 aromatic heterocycles. The third-order valence-electron chi connectivity index (χ3n) is 3.25. The van der Waals surface area contributed by atoms with E-state index in [0.29, 0.717) is 0 Å². The average Bonchev–Trinajstić information content (AvgIpc) is 2.74. The van der Waals surface area contributed by atoms with Crippen LogP contribution in [-0.4, -0.2) is 16.5 Å². The van der Waals surface area contributed by atoms with Gasteiger partial charge in [-0.25, -0.2) is 0 Å². The lowest BCUT2D eigenvalue weighted by Gasteiger charge is -2.24. The third-order valence-corrected chi connectivity index (χ3v) is 4.54.